The average molecular weight is 320 g/mol. The van der Waals surface area contributed by atoms with Crippen LogP contribution >= 0.6 is 0 Å². The lowest BCUT2D eigenvalue weighted by atomic mass is 10.3. The zero-order valence-corrected chi connectivity index (χ0v) is 13.6. The molecular weight excluding hydrogens is 300 g/mol. The largest absolute Gasteiger partial charge is 0.494 e. The fourth-order valence-electron chi connectivity index (χ4n) is 1.58. The molecule has 20 heavy (non-hydrogen) atoms. The Hall–Kier alpha value is -0.933. The number of hydrogen-bond acceptors (Lipinski definition) is 5. The van der Waals surface area contributed by atoms with Crippen LogP contribution in [0.15, 0.2) is 29.2 Å². The third kappa shape index (κ3) is 5.21. The van der Waals surface area contributed by atoms with Crippen LogP contribution in [0.25, 0.3) is 0 Å². The standard InChI is InChI=1S/C12H20O6SSi/c1-16-20(3,17-2)10-4-9-18-11-5-7-12(8-6-11)19(13,14)15/h5-8H,4,9-10H2,1-3H3,(H,13,14,15). The second-order valence-electron chi connectivity index (χ2n) is 4.44. The normalized spacial score (nSPS) is 12.4. The molecule has 0 unspecified atom stereocenters. The van der Waals surface area contributed by atoms with Gasteiger partial charge in [-0.05, 0) is 43.3 Å². The molecular formula is C12H20O6SSi. The van der Waals surface area contributed by atoms with Gasteiger partial charge in [-0.15, -0.1) is 0 Å². The number of benzene rings is 1. The molecule has 0 aliphatic rings. The van der Waals surface area contributed by atoms with Crippen molar-refractivity contribution >= 4 is 18.7 Å². The zero-order valence-electron chi connectivity index (χ0n) is 11.8. The van der Waals surface area contributed by atoms with E-state index in [9.17, 15) is 8.42 Å². The van der Waals surface area contributed by atoms with Gasteiger partial charge in [0.15, 0.2) is 0 Å². The molecule has 0 heterocycles. The predicted molar refractivity (Wildman–Crippen MR) is 76.8 cm³/mol. The summed E-state index contributed by atoms with van der Waals surface area (Å²) in [7, 11) is -2.93. The zero-order chi connectivity index (χ0) is 15.2. The molecule has 0 saturated carbocycles. The van der Waals surface area contributed by atoms with E-state index in [1.165, 1.54) is 24.3 Å². The minimum absolute atomic E-state index is 0.149. The number of rotatable bonds is 8. The molecule has 1 rings (SSSR count). The maximum Gasteiger partial charge on any atom is 0.334 e. The van der Waals surface area contributed by atoms with Gasteiger partial charge in [0.2, 0.25) is 0 Å². The van der Waals surface area contributed by atoms with Gasteiger partial charge in [-0.25, -0.2) is 0 Å². The van der Waals surface area contributed by atoms with Gasteiger partial charge in [-0.2, -0.15) is 8.42 Å². The molecule has 1 aromatic rings. The lowest BCUT2D eigenvalue weighted by Crippen LogP contribution is -2.36. The van der Waals surface area contributed by atoms with Crippen molar-refractivity contribution in [1.82, 2.24) is 0 Å². The molecule has 0 saturated heterocycles. The second-order valence-corrected chi connectivity index (χ2v) is 9.45. The van der Waals surface area contributed by atoms with Gasteiger partial charge in [0.05, 0.1) is 11.5 Å². The molecule has 0 amide bonds. The third-order valence-corrected chi connectivity index (χ3v) is 6.89. The van der Waals surface area contributed by atoms with E-state index in [1.54, 1.807) is 14.2 Å². The second kappa shape index (κ2) is 7.18. The molecule has 1 N–H and O–H groups in total. The summed E-state index contributed by atoms with van der Waals surface area (Å²) in [4.78, 5) is -0.149. The Morgan fingerprint density at radius 2 is 1.70 bits per heavy atom. The van der Waals surface area contributed by atoms with E-state index in [4.69, 9.17) is 18.1 Å². The van der Waals surface area contributed by atoms with Gasteiger partial charge in [0.25, 0.3) is 10.1 Å². The average Bonchev–Trinajstić information content (AvgIpc) is 2.43. The quantitative estimate of drug-likeness (QED) is 0.448. The van der Waals surface area contributed by atoms with E-state index in [1.807, 2.05) is 6.55 Å². The summed E-state index contributed by atoms with van der Waals surface area (Å²) in [5.41, 5.74) is 0. The smallest absolute Gasteiger partial charge is 0.334 e. The van der Waals surface area contributed by atoms with Crippen LogP contribution < -0.4 is 4.74 Å². The first-order valence-corrected chi connectivity index (χ1v) is 10.1. The number of hydrogen-bond donors (Lipinski definition) is 1. The molecule has 0 aliphatic carbocycles. The van der Waals surface area contributed by atoms with Crippen LogP contribution in [0.2, 0.25) is 12.6 Å². The van der Waals surface area contributed by atoms with Crippen molar-refractivity contribution in [1.29, 1.82) is 0 Å². The molecule has 1 aromatic carbocycles. The molecule has 0 fully saturated rings. The van der Waals surface area contributed by atoms with Crippen molar-refractivity contribution in [3.8, 4) is 5.75 Å². The first-order chi connectivity index (χ1) is 9.30. The predicted octanol–water partition coefficient (Wildman–Crippen LogP) is 2.07. The fourth-order valence-corrected chi connectivity index (χ4v) is 3.42. The lowest BCUT2D eigenvalue weighted by Gasteiger charge is -2.22. The van der Waals surface area contributed by atoms with Crippen molar-refractivity contribution < 1.29 is 26.6 Å². The first kappa shape index (κ1) is 17.1. The van der Waals surface area contributed by atoms with Crippen LogP contribution in [-0.2, 0) is 19.0 Å². The highest BCUT2D eigenvalue weighted by Crippen LogP contribution is 2.17. The Morgan fingerprint density at radius 3 is 2.15 bits per heavy atom. The maximum absolute atomic E-state index is 10.9. The molecule has 6 nitrogen and oxygen atoms in total. The van der Waals surface area contributed by atoms with Crippen molar-refractivity contribution in [3.63, 3.8) is 0 Å². The van der Waals surface area contributed by atoms with Crippen LogP contribution in [0.1, 0.15) is 6.42 Å². The van der Waals surface area contributed by atoms with Crippen LogP contribution in [0.5, 0.6) is 5.75 Å². The summed E-state index contributed by atoms with van der Waals surface area (Å²) in [5.74, 6) is 0.551. The van der Waals surface area contributed by atoms with Gasteiger partial charge >= 0.3 is 8.56 Å². The molecule has 0 aromatic heterocycles. The summed E-state index contributed by atoms with van der Waals surface area (Å²) in [6, 6.07) is 6.42. The first-order valence-electron chi connectivity index (χ1n) is 6.11. The monoisotopic (exact) mass is 320 g/mol. The minimum Gasteiger partial charge on any atom is -0.494 e. The minimum atomic E-state index is -4.15. The van der Waals surface area contributed by atoms with Crippen molar-refractivity contribution in [2.24, 2.45) is 0 Å². The lowest BCUT2D eigenvalue weighted by molar-refractivity contribution is 0.241. The van der Waals surface area contributed by atoms with E-state index in [-0.39, 0.29) is 4.90 Å². The summed E-state index contributed by atoms with van der Waals surface area (Å²) < 4.78 is 46.8. The Morgan fingerprint density at radius 1 is 1.15 bits per heavy atom. The SMILES string of the molecule is CO[Si](C)(CCCOc1ccc(S(=O)(=O)O)cc1)OC. The van der Waals surface area contributed by atoms with Gasteiger partial charge in [-0.3, -0.25) is 4.55 Å². The van der Waals surface area contributed by atoms with Crippen molar-refractivity contribution in [2.45, 2.75) is 23.9 Å². The highest BCUT2D eigenvalue weighted by molar-refractivity contribution is 7.85. The molecule has 0 atom stereocenters. The maximum atomic E-state index is 10.9. The van der Waals surface area contributed by atoms with E-state index in [0.717, 1.165) is 12.5 Å². The van der Waals surface area contributed by atoms with Crippen LogP contribution in [0, 0.1) is 0 Å². The topological polar surface area (TPSA) is 82.1 Å². The number of ether oxygens (including phenoxy) is 1. The summed E-state index contributed by atoms with van der Waals surface area (Å²) in [6.07, 6.45) is 0.782. The van der Waals surface area contributed by atoms with E-state index >= 15 is 0 Å². The third-order valence-electron chi connectivity index (χ3n) is 3.03. The van der Waals surface area contributed by atoms with Crippen LogP contribution in [0.3, 0.4) is 0 Å². The highest BCUT2D eigenvalue weighted by atomic mass is 32.2. The van der Waals surface area contributed by atoms with E-state index in [0.29, 0.717) is 12.4 Å². The van der Waals surface area contributed by atoms with Gasteiger partial charge in [-0.1, -0.05) is 0 Å². The van der Waals surface area contributed by atoms with Crippen molar-refractivity contribution in [2.75, 3.05) is 20.8 Å². The van der Waals surface area contributed by atoms with Gasteiger partial charge in [0.1, 0.15) is 5.75 Å². The summed E-state index contributed by atoms with van der Waals surface area (Å²) in [5, 5.41) is 0. The molecule has 8 heteroatoms. The molecule has 0 spiro atoms. The van der Waals surface area contributed by atoms with E-state index < -0.39 is 18.7 Å². The molecule has 0 radical (unpaired) electrons. The molecule has 0 bridgehead atoms. The van der Waals surface area contributed by atoms with Crippen LogP contribution in [-0.4, -0.2) is 42.4 Å². The Balaban J connectivity index is 2.44. The Kier molecular flexibility index (Phi) is 6.15. The van der Waals surface area contributed by atoms with Crippen LogP contribution in [0.4, 0.5) is 0 Å². The fraction of sp³-hybridized carbons (Fsp3) is 0.500. The van der Waals surface area contributed by atoms with Gasteiger partial charge in [0, 0.05) is 14.2 Å². The summed E-state index contributed by atoms with van der Waals surface area (Å²) >= 11 is 0. The van der Waals surface area contributed by atoms with Crippen molar-refractivity contribution in [3.05, 3.63) is 24.3 Å². The molecule has 114 valence electrons. The van der Waals surface area contributed by atoms with Gasteiger partial charge < -0.3 is 13.6 Å². The van der Waals surface area contributed by atoms with E-state index in [2.05, 4.69) is 0 Å². The Labute approximate surface area is 120 Å². The highest BCUT2D eigenvalue weighted by Gasteiger charge is 2.27. The summed E-state index contributed by atoms with van der Waals surface area (Å²) in [6.45, 7) is 2.47. The Bertz CT molecular complexity index is 509. The molecule has 0 aliphatic heterocycles.